The number of allylic oxidation sites excluding steroid dienone is 4. The molecule has 6 N–H and O–H groups in total. The molecule has 1 amide bonds. The van der Waals surface area contributed by atoms with Crippen LogP contribution in [0, 0.1) is 0 Å². The van der Waals surface area contributed by atoms with E-state index in [2.05, 4.69) is 47.7 Å². The largest absolute Gasteiger partial charge is 0.397 e. The van der Waals surface area contributed by atoms with Crippen molar-refractivity contribution in [2.24, 2.45) is 0 Å². The molecule has 1 aliphatic heterocycles. The van der Waals surface area contributed by atoms with Gasteiger partial charge in [0.1, 0.15) is 24.4 Å². The predicted octanol–water partition coefficient (Wildman–Crippen LogP) is 17.9. The minimum absolute atomic E-state index is 0.224. The van der Waals surface area contributed by atoms with E-state index in [4.69, 9.17) is 9.47 Å². The van der Waals surface area contributed by atoms with Gasteiger partial charge in [0.15, 0.2) is 6.29 Å². The first-order valence-electron chi connectivity index (χ1n) is 34.7. The molecular weight excluding hydrogens is 1040 g/mol. The van der Waals surface area contributed by atoms with Crippen molar-refractivity contribution in [1.82, 2.24) is 5.32 Å². The van der Waals surface area contributed by atoms with Gasteiger partial charge in [-0.3, -0.25) is 9.35 Å². The highest BCUT2D eigenvalue weighted by molar-refractivity contribution is 7.80. The van der Waals surface area contributed by atoms with Crippen LogP contribution in [-0.2, 0) is 28.9 Å². The maximum atomic E-state index is 13.2. The van der Waals surface area contributed by atoms with E-state index in [1.165, 1.54) is 263 Å². The lowest BCUT2D eigenvalue weighted by Crippen LogP contribution is -2.61. The van der Waals surface area contributed by atoms with Crippen LogP contribution in [0.4, 0.5) is 0 Å². The number of rotatable bonds is 62. The standard InChI is InChI=1S/C68H131NO11S/c1-3-5-7-9-11-13-15-17-19-21-22-23-24-25-26-27-28-29-30-31-32-33-34-35-36-37-38-39-40-42-44-46-48-50-52-54-56-58-64(72)69-61(60-78-68-66(74)67(80-81(75,76)77)65(73)63(59-70)79-68)62(71)57-55-53-51-49-47-45-43-41-20-18-16-14-12-10-8-6-4-2/h26-27,29-30,61-63,65-68,70-71,73-74H,3-25,28,31-60H2,1-2H3,(H,69,72)(H,75,76,77)/b27-26-,30-29-. The molecule has 0 saturated carbocycles. The number of ether oxygens (including phenoxy) is 2. The minimum atomic E-state index is -5.08. The molecule has 0 aromatic rings. The summed E-state index contributed by atoms with van der Waals surface area (Å²) in [6.07, 6.45) is 65.1. The average molecular weight is 1170 g/mol. The molecule has 81 heavy (non-hydrogen) atoms. The Morgan fingerprint density at radius 3 is 1.17 bits per heavy atom. The van der Waals surface area contributed by atoms with E-state index in [1.54, 1.807) is 0 Å². The smallest absolute Gasteiger partial charge is 0.394 e. The monoisotopic (exact) mass is 1170 g/mol. The summed E-state index contributed by atoms with van der Waals surface area (Å²) in [4.78, 5) is 13.2. The number of unbranched alkanes of at least 4 members (excludes halogenated alkanes) is 46. The Morgan fingerprint density at radius 1 is 0.494 bits per heavy atom. The zero-order valence-corrected chi connectivity index (χ0v) is 53.4. The fourth-order valence-corrected chi connectivity index (χ4v) is 11.9. The molecule has 7 atom stereocenters. The molecular formula is C68H131NO11S. The second kappa shape index (κ2) is 57.6. The lowest BCUT2D eigenvalue weighted by molar-refractivity contribution is -0.298. The van der Waals surface area contributed by atoms with Gasteiger partial charge in [0.2, 0.25) is 5.91 Å². The highest BCUT2D eigenvalue weighted by atomic mass is 32.3. The van der Waals surface area contributed by atoms with E-state index in [0.29, 0.717) is 12.8 Å². The third-order valence-corrected chi connectivity index (χ3v) is 17.2. The van der Waals surface area contributed by atoms with Crippen molar-refractivity contribution in [1.29, 1.82) is 0 Å². The fourth-order valence-electron chi connectivity index (χ4n) is 11.4. The molecule has 0 aliphatic carbocycles. The minimum Gasteiger partial charge on any atom is -0.394 e. The maximum absolute atomic E-state index is 13.2. The summed E-state index contributed by atoms with van der Waals surface area (Å²) in [5, 5.41) is 45.2. The zero-order valence-electron chi connectivity index (χ0n) is 52.6. The van der Waals surface area contributed by atoms with Gasteiger partial charge >= 0.3 is 10.4 Å². The summed E-state index contributed by atoms with van der Waals surface area (Å²) in [5.41, 5.74) is 0. The third kappa shape index (κ3) is 49.4. The van der Waals surface area contributed by atoms with Crippen LogP contribution in [0.2, 0.25) is 0 Å². The predicted molar refractivity (Wildman–Crippen MR) is 338 cm³/mol. The summed E-state index contributed by atoms with van der Waals surface area (Å²) < 4.78 is 48.0. The number of carbonyl (C=O) groups is 1. The van der Waals surface area contributed by atoms with E-state index in [9.17, 15) is 38.2 Å². The molecule has 480 valence electrons. The molecule has 1 heterocycles. The van der Waals surface area contributed by atoms with Crippen molar-refractivity contribution in [2.45, 2.75) is 391 Å². The van der Waals surface area contributed by atoms with Crippen molar-refractivity contribution in [3.63, 3.8) is 0 Å². The molecule has 1 fully saturated rings. The van der Waals surface area contributed by atoms with Gasteiger partial charge in [0.25, 0.3) is 0 Å². The molecule has 0 radical (unpaired) electrons. The Bertz CT molecular complexity index is 1520. The van der Waals surface area contributed by atoms with Crippen LogP contribution in [-0.4, -0.2) is 95.4 Å². The van der Waals surface area contributed by atoms with Crippen molar-refractivity contribution in [3.05, 3.63) is 24.3 Å². The number of hydrogen-bond acceptors (Lipinski definition) is 10. The highest BCUT2D eigenvalue weighted by Crippen LogP contribution is 2.27. The molecule has 0 bridgehead atoms. The quantitative estimate of drug-likeness (QED) is 0.0193. The van der Waals surface area contributed by atoms with Crippen molar-refractivity contribution < 1.29 is 51.8 Å². The number of amides is 1. The van der Waals surface area contributed by atoms with Gasteiger partial charge in [0.05, 0.1) is 25.4 Å². The first-order chi connectivity index (χ1) is 39.5. The SMILES string of the molecule is CCCCCCCCCCCCCCC/C=C\C/C=C\CCCCCCCCCCCCCCCCCCCC(=O)NC(COC1OC(CO)C(O)C(OS(=O)(=O)O)C1O)C(O)CCCCCCCCCCCCCCCCCCC. The lowest BCUT2D eigenvalue weighted by Gasteiger charge is -2.41. The van der Waals surface area contributed by atoms with Crippen LogP contribution in [0.25, 0.3) is 0 Å². The van der Waals surface area contributed by atoms with Crippen LogP contribution in [0.15, 0.2) is 24.3 Å². The van der Waals surface area contributed by atoms with Gasteiger partial charge in [-0.2, -0.15) is 8.42 Å². The first-order valence-corrected chi connectivity index (χ1v) is 36.1. The van der Waals surface area contributed by atoms with Crippen molar-refractivity contribution in [2.75, 3.05) is 13.2 Å². The van der Waals surface area contributed by atoms with Gasteiger partial charge in [-0.05, 0) is 44.9 Å². The first kappa shape index (κ1) is 77.6. The van der Waals surface area contributed by atoms with Crippen LogP contribution in [0.5, 0.6) is 0 Å². The number of hydrogen-bond donors (Lipinski definition) is 6. The Morgan fingerprint density at radius 2 is 0.827 bits per heavy atom. The number of carbonyl (C=O) groups excluding carboxylic acids is 1. The molecule has 13 heteroatoms. The molecule has 1 rings (SSSR count). The number of aliphatic hydroxyl groups excluding tert-OH is 4. The van der Waals surface area contributed by atoms with E-state index in [1.807, 2.05) is 0 Å². The van der Waals surface area contributed by atoms with E-state index in [0.717, 1.165) is 57.8 Å². The Kier molecular flexibility index (Phi) is 55.2. The molecule has 0 aromatic carbocycles. The molecule has 0 aromatic heterocycles. The van der Waals surface area contributed by atoms with E-state index < -0.39 is 59.9 Å². The highest BCUT2D eigenvalue weighted by Gasteiger charge is 2.48. The molecule has 1 aliphatic rings. The van der Waals surface area contributed by atoms with Gasteiger partial charge in [-0.15, -0.1) is 0 Å². The van der Waals surface area contributed by atoms with Crippen LogP contribution in [0.1, 0.15) is 348 Å². The van der Waals surface area contributed by atoms with E-state index in [-0.39, 0.29) is 12.5 Å². The Balaban J connectivity index is 2.17. The van der Waals surface area contributed by atoms with Crippen LogP contribution in [0.3, 0.4) is 0 Å². The van der Waals surface area contributed by atoms with Gasteiger partial charge in [0, 0.05) is 6.42 Å². The molecule has 0 spiro atoms. The van der Waals surface area contributed by atoms with Gasteiger partial charge < -0.3 is 35.2 Å². The third-order valence-electron chi connectivity index (χ3n) is 16.8. The second-order valence-corrected chi connectivity index (χ2v) is 25.5. The number of nitrogens with one attached hydrogen (secondary N) is 1. The Hall–Kier alpha value is -1.42. The van der Waals surface area contributed by atoms with Crippen LogP contribution >= 0.6 is 0 Å². The maximum Gasteiger partial charge on any atom is 0.397 e. The van der Waals surface area contributed by atoms with Crippen molar-refractivity contribution in [3.8, 4) is 0 Å². The topological polar surface area (TPSA) is 192 Å². The molecule has 12 nitrogen and oxygen atoms in total. The summed E-state index contributed by atoms with van der Waals surface area (Å²) in [6.45, 7) is 3.51. The summed E-state index contributed by atoms with van der Waals surface area (Å²) in [6, 6.07) is -0.857. The Labute approximate surface area is 499 Å². The summed E-state index contributed by atoms with van der Waals surface area (Å²) >= 11 is 0. The van der Waals surface area contributed by atoms with E-state index >= 15 is 0 Å². The fraction of sp³-hybridized carbons (Fsp3) is 0.926. The van der Waals surface area contributed by atoms with Gasteiger partial charge in [-0.25, -0.2) is 4.18 Å². The molecule has 1 saturated heterocycles. The summed E-state index contributed by atoms with van der Waals surface area (Å²) in [7, 11) is -5.08. The molecule has 7 unspecified atom stereocenters. The number of aliphatic hydroxyl groups is 4. The normalized spacial score (nSPS) is 18.6. The van der Waals surface area contributed by atoms with Gasteiger partial charge in [-0.1, -0.05) is 321 Å². The van der Waals surface area contributed by atoms with Crippen molar-refractivity contribution >= 4 is 16.3 Å². The lowest BCUT2D eigenvalue weighted by atomic mass is 9.99. The summed E-state index contributed by atoms with van der Waals surface area (Å²) in [5.74, 6) is -0.224. The average Bonchev–Trinajstić information content (AvgIpc) is 3.50. The second-order valence-electron chi connectivity index (χ2n) is 24.5. The van der Waals surface area contributed by atoms with Crippen LogP contribution < -0.4 is 5.32 Å². The zero-order chi connectivity index (χ0) is 59.0.